The minimum absolute atomic E-state index is 0.112. The van der Waals surface area contributed by atoms with Crippen LogP contribution in [0, 0.1) is 6.92 Å². The average molecular weight is 427 g/mol. The van der Waals surface area contributed by atoms with Gasteiger partial charge < -0.3 is 20.3 Å². The van der Waals surface area contributed by atoms with Crippen LogP contribution in [0.25, 0.3) is 5.65 Å². The van der Waals surface area contributed by atoms with Crippen LogP contribution in [0.15, 0.2) is 17.4 Å². The summed E-state index contributed by atoms with van der Waals surface area (Å²) in [6, 6.07) is 2.09. The maximum absolute atomic E-state index is 13.2. The SMILES string of the molecule is Cc1cn2nc([C@@H]3CCCCN3C(=O)C3=NN(C)C(C)O3)cc2nc1N1CC[C@H](N)C1. The van der Waals surface area contributed by atoms with Crippen molar-refractivity contribution in [1.29, 1.82) is 0 Å². The minimum Gasteiger partial charge on any atom is -0.447 e. The summed E-state index contributed by atoms with van der Waals surface area (Å²) in [6.45, 7) is 6.34. The molecular formula is C21H30N8O2. The van der Waals surface area contributed by atoms with Gasteiger partial charge in [0.1, 0.15) is 5.82 Å². The number of ether oxygens (including phenoxy) is 1. The average Bonchev–Trinajstić information content (AvgIpc) is 3.45. The van der Waals surface area contributed by atoms with E-state index in [0.29, 0.717) is 6.54 Å². The van der Waals surface area contributed by atoms with Gasteiger partial charge in [0.2, 0.25) is 0 Å². The molecule has 10 heteroatoms. The van der Waals surface area contributed by atoms with E-state index in [2.05, 4.69) is 16.9 Å². The van der Waals surface area contributed by atoms with Crippen LogP contribution >= 0.6 is 0 Å². The molecule has 166 valence electrons. The van der Waals surface area contributed by atoms with E-state index in [1.54, 1.807) is 12.1 Å². The zero-order valence-corrected chi connectivity index (χ0v) is 18.4. The Bertz CT molecular complexity index is 1030. The summed E-state index contributed by atoms with van der Waals surface area (Å²) < 4.78 is 7.48. The Kier molecular flexibility index (Phi) is 4.96. The maximum atomic E-state index is 13.2. The number of piperidine rings is 1. The van der Waals surface area contributed by atoms with Crippen LogP contribution in [0.1, 0.15) is 49.9 Å². The normalized spacial score (nSPS) is 26.5. The molecule has 1 amide bonds. The van der Waals surface area contributed by atoms with Gasteiger partial charge >= 0.3 is 5.91 Å². The second-order valence-corrected chi connectivity index (χ2v) is 8.82. The van der Waals surface area contributed by atoms with Crippen LogP contribution in [-0.2, 0) is 9.53 Å². The van der Waals surface area contributed by atoms with Gasteiger partial charge in [-0.2, -0.15) is 5.10 Å². The lowest BCUT2D eigenvalue weighted by atomic mass is 9.99. The summed E-state index contributed by atoms with van der Waals surface area (Å²) in [6.07, 6.45) is 5.64. The molecular weight excluding hydrogens is 396 g/mol. The molecule has 2 fully saturated rings. The van der Waals surface area contributed by atoms with E-state index < -0.39 is 0 Å². The number of amides is 1. The van der Waals surface area contributed by atoms with Gasteiger partial charge in [-0.1, -0.05) is 0 Å². The van der Waals surface area contributed by atoms with Crippen molar-refractivity contribution >= 4 is 23.3 Å². The van der Waals surface area contributed by atoms with Crippen LogP contribution in [0.2, 0.25) is 0 Å². The first-order chi connectivity index (χ1) is 14.9. The molecule has 2 saturated heterocycles. The molecule has 3 aliphatic rings. The van der Waals surface area contributed by atoms with E-state index in [-0.39, 0.29) is 30.1 Å². The Balaban J connectivity index is 1.44. The van der Waals surface area contributed by atoms with Crippen molar-refractivity contribution in [1.82, 2.24) is 24.5 Å². The molecule has 0 bridgehead atoms. The van der Waals surface area contributed by atoms with Gasteiger partial charge in [0.15, 0.2) is 11.9 Å². The molecule has 0 aliphatic carbocycles. The quantitative estimate of drug-likeness (QED) is 0.788. The van der Waals surface area contributed by atoms with Crippen molar-refractivity contribution in [3.8, 4) is 0 Å². The molecule has 0 radical (unpaired) electrons. The third-order valence-corrected chi connectivity index (χ3v) is 6.49. The first-order valence-corrected chi connectivity index (χ1v) is 11.1. The largest absolute Gasteiger partial charge is 0.447 e. The molecule has 2 aromatic rings. The van der Waals surface area contributed by atoms with Gasteiger partial charge in [-0.05, 0) is 39.5 Å². The molecule has 5 rings (SSSR count). The fraction of sp³-hybridized carbons (Fsp3) is 0.619. The van der Waals surface area contributed by atoms with Gasteiger partial charge in [-0.15, -0.1) is 5.10 Å². The lowest BCUT2D eigenvalue weighted by Gasteiger charge is -2.34. The number of aromatic nitrogens is 3. The third kappa shape index (κ3) is 3.58. The van der Waals surface area contributed by atoms with E-state index >= 15 is 0 Å². The zero-order chi connectivity index (χ0) is 21.7. The third-order valence-electron chi connectivity index (χ3n) is 6.49. The highest BCUT2D eigenvalue weighted by molar-refractivity contribution is 6.35. The van der Waals surface area contributed by atoms with E-state index in [1.165, 1.54) is 0 Å². The molecule has 3 atom stereocenters. The number of hydrazone groups is 1. The summed E-state index contributed by atoms with van der Waals surface area (Å²) in [5, 5.41) is 10.7. The Morgan fingerprint density at radius 1 is 1.26 bits per heavy atom. The Hall–Kier alpha value is -2.88. The summed E-state index contributed by atoms with van der Waals surface area (Å²) >= 11 is 0. The van der Waals surface area contributed by atoms with Gasteiger partial charge in [0.05, 0.1) is 11.7 Å². The molecule has 10 nitrogen and oxygen atoms in total. The van der Waals surface area contributed by atoms with Crippen molar-refractivity contribution in [2.75, 3.05) is 31.6 Å². The fourth-order valence-corrected chi connectivity index (χ4v) is 4.67. The molecule has 5 heterocycles. The lowest BCUT2D eigenvalue weighted by molar-refractivity contribution is -0.129. The number of carbonyl (C=O) groups is 1. The second kappa shape index (κ2) is 7.67. The van der Waals surface area contributed by atoms with Crippen molar-refractivity contribution in [2.45, 2.75) is 57.8 Å². The number of likely N-dealkylation sites (tertiary alicyclic amines) is 1. The number of hydrogen-bond acceptors (Lipinski definition) is 8. The molecule has 0 spiro atoms. The number of fused-ring (bicyclic) bond motifs is 1. The number of carbonyl (C=O) groups excluding carboxylic acids is 1. The van der Waals surface area contributed by atoms with Crippen LogP contribution in [0.5, 0.6) is 0 Å². The highest BCUT2D eigenvalue weighted by Gasteiger charge is 2.36. The Labute approximate surface area is 181 Å². The Morgan fingerprint density at radius 3 is 2.81 bits per heavy atom. The molecule has 0 saturated carbocycles. The van der Waals surface area contributed by atoms with Crippen molar-refractivity contribution in [2.24, 2.45) is 10.8 Å². The topological polar surface area (TPSA) is 105 Å². The van der Waals surface area contributed by atoms with Crippen LogP contribution < -0.4 is 10.6 Å². The van der Waals surface area contributed by atoms with E-state index in [1.807, 2.05) is 28.6 Å². The first-order valence-electron chi connectivity index (χ1n) is 11.1. The van der Waals surface area contributed by atoms with Crippen molar-refractivity contribution < 1.29 is 9.53 Å². The van der Waals surface area contributed by atoms with Crippen molar-refractivity contribution in [3.05, 3.63) is 23.5 Å². The van der Waals surface area contributed by atoms with E-state index in [4.69, 9.17) is 20.6 Å². The predicted molar refractivity (Wildman–Crippen MR) is 117 cm³/mol. The molecule has 3 aliphatic heterocycles. The van der Waals surface area contributed by atoms with Crippen molar-refractivity contribution in [3.63, 3.8) is 0 Å². The molecule has 1 unspecified atom stereocenters. The standard InChI is InChI=1S/C21H30N8O2/c1-13-11-29-18(23-19(13)27-9-7-15(22)12-27)10-16(24-29)17-6-4-5-8-28(17)21(30)20-25-26(3)14(2)31-20/h10-11,14-15,17H,4-9,12,22H2,1-3H3/t14?,15-,17-/m0/s1. The van der Waals surface area contributed by atoms with Gasteiger partial charge in [-0.25, -0.2) is 9.50 Å². The van der Waals surface area contributed by atoms with Gasteiger partial charge in [0, 0.05) is 50.6 Å². The molecule has 0 aromatic carbocycles. The fourth-order valence-electron chi connectivity index (χ4n) is 4.67. The number of rotatable bonds is 3. The lowest BCUT2D eigenvalue weighted by Crippen LogP contribution is -2.42. The number of nitrogens with two attached hydrogens (primary N) is 1. The minimum atomic E-state index is -0.235. The smallest absolute Gasteiger partial charge is 0.311 e. The summed E-state index contributed by atoms with van der Waals surface area (Å²) in [4.78, 5) is 22.2. The summed E-state index contributed by atoms with van der Waals surface area (Å²) in [7, 11) is 1.81. The van der Waals surface area contributed by atoms with Gasteiger partial charge in [0.25, 0.3) is 5.90 Å². The summed E-state index contributed by atoms with van der Waals surface area (Å²) in [5.41, 5.74) is 8.81. The van der Waals surface area contributed by atoms with Crippen LogP contribution in [0.4, 0.5) is 5.82 Å². The number of anilines is 1. The highest BCUT2D eigenvalue weighted by atomic mass is 16.5. The Morgan fingerprint density at radius 2 is 2.10 bits per heavy atom. The molecule has 2 aromatic heterocycles. The molecule has 31 heavy (non-hydrogen) atoms. The number of nitrogens with zero attached hydrogens (tertiary/aromatic N) is 7. The predicted octanol–water partition coefficient (Wildman–Crippen LogP) is 1.25. The van der Waals surface area contributed by atoms with E-state index in [9.17, 15) is 4.79 Å². The van der Waals surface area contributed by atoms with E-state index in [0.717, 1.165) is 61.5 Å². The summed E-state index contributed by atoms with van der Waals surface area (Å²) in [5.74, 6) is 0.954. The van der Waals surface area contributed by atoms with Crippen LogP contribution in [-0.4, -0.2) is 75.3 Å². The zero-order valence-electron chi connectivity index (χ0n) is 18.4. The van der Waals surface area contributed by atoms with Crippen LogP contribution in [0.3, 0.4) is 0 Å². The first kappa shape index (κ1) is 20.0. The van der Waals surface area contributed by atoms with Gasteiger partial charge in [-0.3, -0.25) is 9.80 Å². The number of hydrogen-bond donors (Lipinski definition) is 1. The monoisotopic (exact) mass is 426 g/mol. The second-order valence-electron chi connectivity index (χ2n) is 8.82. The molecule has 2 N–H and O–H groups in total. The number of aryl methyl sites for hydroxylation is 1. The highest BCUT2D eigenvalue weighted by Crippen LogP contribution is 2.32. The maximum Gasteiger partial charge on any atom is 0.311 e.